The van der Waals surface area contributed by atoms with Crippen LogP contribution in [-0.4, -0.2) is 13.1 Å². The Hall–Kier alpha value is -0.600. The topological polar surface area (TPSA) is 12.0 Å². The van der Waals surface area contributed by atoms with E-state index in [0.717, 1.165) is 25.1 Å². The van der Waals surface area contributed by atoms with Gasteiger partial charge in [0.25, 0.3) is 0 Å². The van der Waals surface area contributed by atoms with Crippen molar-refractivity contribution in [3.8, 4) is 0 Å². The number of hydrogen-bond acceptors (Lipinski definition) is 1. The largest absolute Gasteiger partial charge is 0.316 e. The molecule has 1 aromatic rings. The van der Waals surface area contributed by atoms with Crippen LogP contribution in [0.2, 0.25) is 5.02 Å². The van der Waals surface area contributed by atoms with Gasteiger partial charge in [0.15, 0.2) is 0 Å². The van der Waals surface area contributed by atoms with Gasteiger partial charge in [0.1, 0.15) is 5.82 Å². The Kier molecular flexibility index (Phi) is 4.75. The molecule has 0 aliphatic rings. The van der Waals surface area contributed by atoms with Gasteiger partial charge in [-0.3, -0.25) is 0 Å². The van der Waals surface area contributed by atoms with E-state index < -0.39 is 0 Å². The molecule has 0 aliphatic carbocycles. The third kappa shape index (κ3) is 4.11. The molecule has 0 aliphatic heterocycles. The van der Waals surface area contributed by atoms with Gasteiger partial charge in [0.05, 0.1) is 5.02 Å². The molecular weight excluding hydrogens is 225 g/mol. The second kappa shape index (κ2) is 5.65. The molecule has 3 heteroatoms. The van der Waals surface area contributed by atoms with Crippen molar-refractivity contribution in [3.05, 3.63) is 34.6 Å². The number of halogens is 2. The third-order valence-electron chi connectivity index (χ3n) is 2.52. The van der Waals surface area contributed by atoms with Gasteiger partial charge in [0.2, 0.25) is 0 Å². The Labute approximate surface area is 102 Å². The highest BCUT2D eigenvalue weighted by molar-refractivity contribution is 6.30. The lowest BCUT2D eigenvalue weighted by atomic mass is 9.85. The smallest absolute Gasteiger partial charge is 0.142 e. The fourth-order valence-corrected chi connectivity index (χ4v) is 1.85. The van der Waals surface area contributed by atoms with Crippen molar-refractivity contribution in [2.24, 2.45) is 5.41 Å². The minimum absolute atomic E-state index is 0.121. The standard InChI is InChI=1S/C13H19ClFN/c1-4-16-9-13(2,3)8-10-5-6-11(14)12(15)7-10/h5-7,16H,4,8-9H2,1-3H3. The summed E-state index contributed by atoms with van der Waals surface area (Å²) in [6.07, 6.45) is 0.841. The molecule has 0 atom stereocenters. The van der Waals surface area contributed by atoms with Gasteiger partial charge in [-0.1, -0.05) is 38.4 Å². The summed E-state index contributed by atoms with van der Waals surface area (Å²) >= 11 is 5.65. The van der Waals surface area contributed by atoms with Crippen molar-refractivity contribution in [3.63, 3.8) is 0 Å². The van der Waals surface area contributed by atoms with Gasteiger partial charge >= 0.3 is 0 Å². The molecule has 90 valence electrons. The maximum atomic E-state index is 13.3. The van der Waals surface area contributed by atoms with Crippen LogP contribution in [-0.2, 0) is 6.42 Å². The van der Waals surface area contributed by atoms with E-state index in [1.165, 1.54) is 6.07 Å². The van der Waals surface area contributed by atoms with Crippen LogP contribution in [0, 0.1) is 11.2 Å². The minimum atomic E-state index is -0.335. The summed E-state index contributed by atoms with van der Waals surface area (Å²) in [4.78, 5) is 0. The van der Waals surface area contributed by atoms with Crippen molar-refractivity contribution in [1.82, 2.24) is 5.32 Å². The summed E-state index contributed by atoms with van der Waals surface area (Å²) < 4.78 is 13.3. The van der Waals surface area contributed by atoms with Gasteiger partial charge in [-0.05, 0) is 36.1 Å². The predicted octanol–water partition coefficient (Wildman–Crippen LogP) is 3.66. The second-order valence-electron chi connectivity index (χ2n) is 4.87. The Morgan fingerprint density at radius 3 is 2.62 bits per heavy atom. The van der Waals surface area contributed by atoms with E-state index in [0.29, 0.717) is 0 Å². The van der Waals surface area contributed by atoms with E-state index in [4.69, 9.17) is 11.6 Å². The second-order valence-corrected chi connectivity index (χ2v) is 5.28. The van der Waals surface area contributed by atoms with Crippen LogP contribution in [0.5, 0.6) is 0 Å². The summed E-state index contributed by atoms with van der Waals surface area (Å²) in [6.45, 7) is 8.30. The lowest BCUT2D eigenvalue weighted by Gasteiger charge is -2.25. The molecule has 0 saturated carbocycles. The van der Waals surface area contributed by atoms with Crippen LogP contribution in [0.4, 0.5) is 4.39 Å². The molecule has 0 unspecified atom stereocenters. The predicted molar refractivity (Wildman–Crippen MR) is 67.4 cm³/mol. The van der Waals surface area contributed by atoms with Crippen molar-refractivity contribution in [1.29, 1.82) is 0 Å². The van der Waals surface area contributed by atoms with Crippen LogP contribution < -0.4 is 5.32 Å². The van der Waals surface area contributed by atoms with Crippen LogP contribution in [0.1, 0.15) is 26.3 Å². The molecule has 0 aromatic heterocycles. The highest BCUT2D eigenvalue weighted by Gasteiger charge is 2.18. The van der Waals surface area contributed by atoms with Crippen LogP contribution in [0.15, 0.2) is 18.2 Å². The number of nitrogens with one attached hydrogen (secondary N) is 1. The zero-order valence-electron chi connectivity index (χ0n) is 10.1. The number of hydrogen-bond donors (Lipinski definition) is 1. The first-order valence-corrected chi connectivity index (χ1v) is 5.97. The lowest BCUT2D eigenvalue weighted by Crippen LogP contribution is -2.31. The van der Waals surface area contributed by atoms with Crippen LogP contribution >= 0.6 is 11.6 Å². The summed E-state index contributed by atoms with van der Waals surface area (Å²) in [5.74, 6) is -0.335. The first-order valence-electron chi connectivity index (χ1n) is 5.59. The van der Waals surface area contributed by atoms with Crippen molar-refractivity contribution >= 4 is 11.6 Å². The van der Waals surface area contributed by atoms with Gasteiger partial charge < -0.3 is 5.32 Å². The first-order chi connectivity index (χ1) is 7.44. The zero-order chi connectivity index (χ0) is 12.2. The van der Waals surface area contributed by atoms with E-state index in [9.17, 15) is 4.39 Å². The SMILES string of the molecule is CCNCC(C)(C)Cc1ccc(Cl)c(F)c1. The highest BCUT2D eigenvalue weighted by atomic mass is 35.5. The van der Waals surface area contributed by atoms with Gasteiger partial charge in [-0.15, -0.1) is 0 Å². The van der Waals surface area contributed by atoms with E-state index in [-0.39, 0.29) is 16.3 Å². The zero-order valence-corrected chi connectivity index (χ0v) is 10.9. The normalized spacial score (nSPS) is 11.8. The molecule has 1 aromatic carbocycles. The minimum Gasteiger partial charge on any atom is -0.316 e. The summed E-state index contributed by atoms with van der Waals surface area (Å²) in [6, 6.07) is 5.03. The molecule has 1 nitrogen and oxygen atoms in total. The van der Waals surface area contributed by atoms with Gasteiger partial charge in [0, 0.05) is 6.54 Å². The van der Waals surface area contributed by atoms with Crippen molar-refractivity contribution in [2.75, 3.05) is 13.1 Å². The van der Waals surface area contributed by atoms with Crippen LogP contribution in [0.25, 0.3) is 0 Å². The molecule has 0 radical (unpaired) electrons. The van der Waals surface area contributed by atoms with Gasteiger partial charge in [-0.2, -0.15) is 0 Å². The third-order valence-corrected chi connectivity index (χ3v) is 2.83. The van der Waals surface area contributed by atoms with Gasteiger partial charge in [-0.25, -0.2) is 4.39 Å². The number of benzene rings is 1. The lowest BCUT2D eigenvalue weighted by molar-refractivity contribution is 0.341. The van der Waals surface area contributed by atoms with E-state index in [1.54, 1.807) is 6.07 Å². The van der Waals surface area contributed by atoms with E-state index in [1.807, 2.05) is 6.07 Å². The molecule has 0 heterocycles. The molecule has 0 saturated heterocycles. The monoisotopic (exact) mass is 243 g/mol. The Balaban J connectivity index is 2.68. The molecule has 0 fully saturated rings. The van der Waals surface area contributed by atoms with E-state index >= 15 is 0 Å². The Bertz CT molecular complexity index is 350. The average molecular weight is 244 g/mol. The van der Waals surface area contributed by atoms with Crippen molar-refractivity contribution < 1.29 is 4.39 Å². The van der Waals surface area contributed by atoms with E-state index in [2.05, 4.69) is 26.1 Å². The molecular formula is C13H19ClFN. The first kappa shape index (κ1) is 13.5. The molecule has 1 rings (SSSR count). The molecule has 0 spiro atoms. The fourth-order valence-electron chi connectivity index (χ4n) is 1.73. The van der Waals surface area contributed by atoms with Crippen molar-refractivity contribution in [2.45, 2.75) is 27.2 Å². The fraction of sp³-hybridized carbons (Fsp3) is 0.538. The maximum absolute atomic E-state index is 13.3. The molecule has 0 amide bonds. The highest BCUT2D eigenvalue weighted by Crippen LogP contribution is 2.23. The average Bonchev–Trinajstić information content (AvgIpc) is 2.20. The Morgan fingerprint density at radius 2 is 2.06 bits per heavy atom. The quantitative estimate of drug-likeness (QED) is 0.832. The molecule has 1 N–H and O–H groups in total. The Morgan fingerprint density at radius 1 is 1.38 bits per heavy atom. The summed E-state index contributed by atoms with van der Waals surface area (Å²) in [5, 5.41) is 3.50. The molecule has 16 heavy (non-hydrogen) atoms. The maximum Gasteiger partial charge on any atom is 0.142 e. The molecule has 0 bridgehead atoms. The summed E-state index contributed by atoms with van der Waals surface area (Å²) in [5.41, 5.74) is 1.11. The van der Waals surface area contributed by atoms with Crippen LogP contribution in [0.3, 0.4) is 0 Å². The summed E-state index contributed by atoms with van der Waals surface area (Å²) in [7, 11) is 0. The number of rotatable bonds is 5.